The summed E-state index contributed by atoms with van der Waals surface area (Å²) in [5, 5.41) is 3.00. The van der Waals surface area contributed by atoms with Crippen LogP contribution in [0.2, 0.25) is 0 Å². The molecular formula is C25H34N2O2. The van der Waals surface area contributed by atoms with E-state index in [1.54, 1.807) is 11.8 Å². The summed E-state index contributed by atoms with van der Waals surface area (Å²) < 4.78 is 0. The summed E-state index contributed by atoms with van der Waals surface area (Å²) in [6, 6.07) is 13.6. The lowest BCUT2D eigenvalue weighted by Crippen LogP contribution is -2.52. The molecule has 0 saturated heterocycles. The smallest absolute Gasteiger partial charge is 0.242 e. The Balaban J connectivity index is 2.26. The number of amides is 2. The molecule has 0 heterocycles. The van der Waals surface area contributed by atoms with Crippen molar-refractivity contribution in [1.82, 2.24) is 10.2 Å². The Kier molecular flexibility index (Phi) is 7.23. The number of aryl methyl sites for hydroxylation is 3. The van der Waals surface area contributed by atoms with Crippen LogP contribution in [0.3, 0.4) is 0 Å². The van der Waals surface area contributed by atoms with E-state index >= 15 is 0 Å². The standard InChI is InChI=1S/C25H34N2O2/c1-17-8-11-21(12-9-17)16-27(20(4)24(29)26-25(5,6)7)23(28)15-22-13-10-18(2)19(3)14-22/h8-14,20H,15-16H2,1-7H3,(H,26,29)/t20-/m1/s1. The van der Waals surface area contributed by atoms with Crippen LogP contribution >= 0.6 is 0 Å². The molecule has 0 fully saturated rings. The fourth-order valence-corrected chi connectivity index (χ4v) is 3.14. The lowest BCUT2D eigenvalue weighted by atomic mass is 10.0. The molecule has 4 heteroatoms. The molecule has 0 aliphatic rings. The zero-order chi connectivity index (χ0) is 21.8. The maximum absolute atomic E-state index is 13.2. The van der Waals surface area contributed by atoms with Gasteiger partial charge in [-0.1, -0.05) is 48.0 Å². The highest BCUT2D eigenvalue weighted by Gasteiger charge is 2.28. The minimum absolute atomic E-state index is 0.0506. The minimum Gasteiger partial charge on any atom is -0.350 e. The zero-order valence-electron chi connectivity index (χ0n) is 18.8. The van der Waals surface area contributed by atoms with Crippen molar-refractivity contribution >= 4 is 11.8 Å². The highest BCUT2D eigenvalue weighted by Crippen LogP contribution is 2.16. The second kappa shape index (κ2) is 9.25. The lowest BCUT2D eigenvalue weighted by molar-refractivity contribution is -0.140. The van der Waals surface area contributed by atoms with Gasteiger partial charge in [-0.25, -0.2) is 0 Å². The Morgan fingerprint density at radius 3 is 2.07 bits per heavy atom. The predicted octanol–water partition coefficient (Wildman–Crippen LogP) is 4.49. The Bertz CT molecular complexity index is 863. The van der Waals surface area contributed by atoms with Crippen LogP contribution in [0.1, 0.15) is 55.5 Å². The van der Waals surface area contributed by atoms with Crippen LogP contribution in [0.15, 0.2) is 42.5 Å². The van der Waals surface area contributed by atoms with Crippen molar-refractivity contribution < 1.29 is 9.59 Å². The van der Waals surface area contributed by atoms with Crippen LogP contribution in [0, 0.1) is 20.8 Å². The molecule has 1 N–H and O–H groups in total. The van der Waals surface area contributed by atoms with E-state index in [4.69, 9.17) is 0 Å². The number of hydrogen-bond acceptors (Lipinski definition) is 2. The van der Waals surface area contributed by atoms with Crippen LogP contribution < -0.4 is 5.32 Å². The molecule has 0 aromatic heterocycles. The van der Waals surface area contributed by atoms with E-state index in [2.05, 4.69) is 18.3 Å². The van der Waals surface area contributed by atoms with E-state index in [9.17, 15) is 9.59 Å². The van der Waals surface area contributed by atoms with Crippen LogP contribution in [-0.4, -0.2) is 28.3 Å². The molecule has 4 nitrogen and oxygen atoms in total. The normalized spacial score (nSPS) is 12.4. The van der Waals surface area contributed by atoms with Gasteiger partial charge < -0.3 is 10.2 Å². The van der Waals surface area contributed by atoms with Gasteiger partial charge in [-0.05, 0) is 70.7 Å². The summed E-state index contributed by atoms with van der Waals surface area (Å²) >= 11 is 0. The highest BCUT2D eigenvalue weighted by molar-refractivity contribution is 5.88. The summed E-state index contributed by atoms with van der Waals surface area (Å²) in [5.74, 6) is -0.191. The maximum Gasteiger partial charge on any atom is 0.242 e. The average Bonchev–Trinajstić information content (AvgIpc) is 2.62. The van der Waals surface area contributed by atoms with Crippen LogP contribution in [-0.2, 0) is 22.6 Å². The molecule has 2 rings (SSSR count). The van der Waals surface area contributed by atoms with Crippen molar-refractivity contribution in [3.8, 4) is 0 Å². The SMILES string of the molecule is Cc1ccc(CN(C(=O)Cc2ccc(C)c(C)c2)[C@H](C)C(=O)NC(C)(C)C)cc1. The third kappa shape index (κ3) is 6.74. The number of nitrogens with zero attached hydrogens (tertiary/aromatic N) is 1. The molecule has 29 heavy (non-hydrogen) atoms. The second-order valence-corrected chi connectivity index (χ2v) is 9.02. The summed E-state index contributed by atoms with van der Waals surface area (Å²) in [6.45, 7) is 14.2. The van der Waals surface area contributed by atoms with Crippen molar-refractivity contribution in [1.29, 1.82) is 0 Å². The fourth-order valence-electron chi connectivity index (χ4n) is 3.14. The van der Waals surface area contributed by atoms with Crippen LogP contribution in [0.4, 0.5) is 0 Å². The van der Waals surface area contributed by atoms with Crippen LogP contribution in [0.5, 0.6) is 0 Å². The molecule has 0 aliphatic heterocycles. The Morgan fingerprint density at radius 1 is 0.931 bits per heavy atom. The third-order valence-corrected chi connectivity index (χ3v) is 5.07. The molecule has 0 bridgehead atoms. The predicted molar refractivity (Wildman–Crippen MR) is 119 cm³/mol. The molecule has 0 unspecified atom stereocenters. The summed E-state index contributed by atoms with van der Waals surface area (Å²) in [6.07, 6.45) is 0.278. The van der Waals surface area contributed by atoms with Crippen LogP contribution in [0.25, 0.3) is 0 Å². The first-order valence-electron chi connectivity index (χ1n) is 10.2. The van der Waals surface area contributed by atoms with Crippen molar-refractivity contribution in [2.45, 2.75) is 73.0 Å². The molecule has 0 saturated carbocycles. The van der Waals surface area contributed by atoms with Gasteiger partial charge in [0.25, 0.3) is 0 Å². The molecule has 156 valence electrons. The van der Waals surface area contributed by atoms with Gasteiger partial charge >= 0.3 is 0 Å². The van der Waals surface area contributed by atoms with E-state index in [0.29, 0.717) is 6.54 Å². The number of rotatable bonds is 6. The van der Waals surface area contributed by atoms with Crippen molar-refractivity contribution in [2.75, 3.05) is 0 Å². The van der Waals surface area contributed by atoms with E-state index in [-0.39, 0.29) is 23.8 Å². The number of carbonyl (C=O) groups excluding carboxylic acids is 2. The lowest BCUT2D eigenvalue weighted by Gasteiger charge is -2.31. The van der Waals surface area contributed by atoms with Gasteiger partial charge in [0.15, 0.2) is 0 Å². The van der Waals surface area contributed by atoms with Crippen molar-refractivity contribution in [2.24, 2.45) is 0 Å². The Labute approximate surface area is 175 Å². The van der Waals surface area contributed by atoms with Gasteiger partial charge in [0, 0.05) is 12.1 Å². The molecule has 2 aromatic carbocycles. The van der Waals surface area contributed by atoms with Crippen molar-refractivity contribution in [3.63, 3.8) is 0 Å². The first-order valence-corrected chi connectivity index (χ1v) is 10.2. The number of benzene rings is 2. The highest BCUT2D eigenvalue weighted by atomic mass is 16.2. The molecule has 0 spiro atoms. The average molecular weight is 395 g/mol. The molecule has 1 atom stereocenters. The van der Waals surface area contributed by atoms with Crippen molar-refractivity contribution in [3.05, 3.63) is 70.3 Å². The fraction of sp³-hybridized carbons (Fsp3) is 0.440. The van der Waals surface area contributed by atoms with Gasteiger partial charge in [-0.2, -0.15) is 0 Å². The largest absolute Gasteiger partial charge is 0.350 e. The molecule has 0 aliphatic carbocycles. The van der Waals surface area contributed by atoms with Gasteiger partial charge in [-0.15, -0.1) is 0 Å². The second-order valence-electron chi connectivity index (χ2n) is 9.02. The number of hydrogen-bond donors (Lipinski definition) is 1. The molecular weight excluding hydrogens is 360 g/mol. The number of nitrogens with one attached hydrogen (secondary N) is 1. The topological polar surface area (TPSA) is 49.4 Å². The first kappa shape index (κ1) is 22.7. The Morgan fingerprint density at radius 2 is 1.52 bits per heavy atom. The van der Waals surface area contributed by atoms with Gasteiger partial charge in [0.2, 0.25) is 11.8 Å². The summed E-state index contributed by atoms with van der Waals surface area (Å²) in [5.41, 5.74) is 5.17. The zero-order valence-corrected chi connectivity index (χ0v) is 18.8. The number of carbonyl (C=O) groups is 2. The monoisotopic (exact) mass is 394 g/mol. The van der Waals surface area contributed by atoms with E-state index in [0.717, 1.165) is 11.1 Å². The third-order valence-electron chi connectivity index (χ3n) is 5.07. The van der Waals surface area contributed by atoms with Gasteiger partial charge in [-0.3, -0.25) is 9.59 Å². The van der Waals surface area contributed by atoms with E-state index < -0.39 is 6.04 Å². The maximum atomic E-state index is 13.2. The summed E-state index contributed by atoms with van der Waals surface area (Å²) in [7, 11) is 0. The summed E-state index contributed by atoms with van der Waals surface area (Å²) in [4.78, 5) is 27.7. The van der Waals surface area contributed by atoms with E-state index in [1.807, 2.05) is 71.0 Å². The van der Waals surface area contributed by atoms with Gasteiger partial charge in [0.1, 0.15) is 6.04 Å². The molecule has 2 aromatic rings. The molecule has 0 radical (unpaired) electrons. The Hall–Kier alpha value is -2.62. The minimum atomic E-state index is -0.561. The molecule has 2 amide bonds. The first-order chi connectivity index (χ1) is 13.5. The quantitative estimate of drug-likeness (QED) is 0.785. The van der Waals surface area contributed by atoms with E-state index in [1.165, 1.54) is 16.7 Å². The van der Waals surface area contributed by atoms with Gasteiger partial charge in [0.05, 0.1) is 6.42 Å².